The minimum Gasteiger partial charge on any atom is -0.480 e. The number of aromatic nitrogens is 2. The molecule has 1 heterocycles. The molecule has 0 saturated carbocycles. The molecule has 0 fully saturated rings. The number of carbonyl (C=O) groups is 2. The highest BCUT2D eigenvalue weighted by Crippen LogP contribution is 2.32. The summed E-state index contributed by atoms with van der Waals surface area (Å²) >= 11 is 0. The maximum Gasteiger partial charge on any atom is 0.416 e. The van der Waals surface area contributed by atoms with Gasteiger partial charge in [-0.1, -0.05) is 0 Å². The van der Waals surface area contributed by atoms with E-state index in [9.17, 15) is 28.0 Å². The highest BCUT2D eigenvalue weighted by atomic mass is 19.4. The topological polar surface area (TPSA) is 163 Å². The fraction of sp³-hybridized carbons (Fsp3) is 0.235. The van der Waals surface area contributed by atoms with E-state index in [0.29, 0.717) is 12.1 Å². The van der Waals surface area contributed by atoms with Crippen molar-refractivity contribution in [1.29, 1.82) is 5.26 Å². The first-order chi connectivity index (χ1) is 14.0. The summed E-state index contributed by atoms with van der Waals surface area (Å²) in [6.07, 6.45) is -4.81. The largest absolute Gasteiger partial charge is 0.480 e. The third kappa shape index (κ3) is 5.04. The predicted octanol–water partition coefficient (Wildman–Crippen LogP) is 2.10. The number of anilines is 3. The van der Waals surface area contributed by atoms with Gasteiger partial charge in [0.1, 0.15) is 12.1 Å². The molecule has 0 spiro atoms. The van der Waals surface area contributed by atoms with E-state index in [0.717, 1.165) is 6.07 Å². The molecule has 10 nitrogen and oxygen atoms in total. The van der Waals surface area contributed by atoms with Crippen molar-refractivity contribution in [3.8, 4) is 11.9 Å². The standard InChI is InChI=1S/C17H15F3N6O4/c1-7(23-12-11(6-21)14(30-2)26-16(22)25-12)13(27)24-10-4-8(15(28)29)3-9(5-10)17(18,19)20/h3-5,7H,1-2H3,(H,24,27)(H,28,29)(H3,22,23,25,26)/t7-/m0/s1. The Morgan fingerprint density at radius 2 is 1.97 bits per heavy atom. The predicted molar refractivity (Wildman–Crippen MR) is 97.8 cm³/mol. The summed E-state index contributed by atoms with van der Waals surface area (Å²) in [6, 6.07) is 2.62. The molecule has 2 rings (SSSR count). The molecule has 13 heteroatoms. The van der Waals surface area contributed by atoms with E-state index in [-0.39, 0.29) is 28.9 Å². The summed E-state index contributed by atoms with van der Waals surface area (Å²) in [5, 5.41) is 23.0. The number of methoxy groups -OCH3 is 1. The monoisotopic (exact) mass is 424 g/mol. The lowest BCUT2D eigenvalue weighted by Crippen LogP contribution is -2.33. The number of halogens is 3. The van der Waals surface area contributed by atoms with Crippen LogP contribution < -0.4 is 21.1 Å². The number of nitriles is 1. The van der Waals surface area contributed by atoms with Crippen LogP contribution in [0.15, 0.2) is 18.2 Å². The Balaban J connectivity index is 2.29. The van der Waals surface area contributed by atoms with Crippen LogP contribution in [0.1, 0.15) is 28.4 Å². The molecule has 1 aromatic heterocycles. The van der Waals surface area contributed by atoms with Crippen molar-refractivity contribution in [2.24, 2.45) is 0 Å². The van der Waals surface area contributed by atoms with Crippen LogP contribution in [-0.4, -0.2) is 40.1 Å². The molecule has 5 N–H and O–H groups in total. The number of hydrogen-bond donors (Lipinski definition) is 4. The zero-order chi connectivity index (χ0) is 22.6. The van der Waals surface area contributed by atoms with E-state index in [1.54, 1.807) is 6.07 Å². The number of rotatable bonds is 6. The summed E-state index contributed by atoms with van der Waals surface area (Å²) in [5.41, 5.74) is 3.12. The minimum absolute atomic E-state index is 0.125. The van der Waals surface area contributed by atoms with Gasteiger partial charge >= 0.3 is 12.1 Å². The number of nitrogens with one attached hydrogen (secondary N) is 2. The number of hydrogen-bond acceptors (Lipinski definition) is 8. The second-order valence-electron chi connectivity index (χ2n) is 5.88. The number of nitrogens with zero attached hydrogens (tertiary/aromatic N) is 3. The molecule has 2 aromatic rings. The number of aromatic carboxylic acids is 1. The van der Waals surface area contributed by atoms with Crippen LogP contribution in [0.2, 0.25) is 0 Å². The number of amides is 1. The maximum atomic E-state index is 13.0. The number of nitrogens with two attached hydrogens (primary N) is 1. The average Bonchev–Trinajstić information content (AvgIpc) is 2.66. The van der Waals surface area contributed by atoms with Crippen LogP contribution in [0.3, 0.4) is 0 Å². The third-order valence-electron chi connectivity index (χ3n) is 3.72. The van der Waals surface area contributed by atoms with E-state index >= 15 is 0 Å². The fourth-order valence-corrected chi connectivity index (χ4v) is 2.32. The van der Waals surface area contributed by atoms with Crippen LogP contribution in [0.25, 0.3) is 0 Å². The summed E-state index contributed by atoms with van der Waals surface area (Å²) in [6.45, 7) is 1.34. The Bertz CT molecular complexity index is 1040. The lowest BCUT2D eigenvalue weighted by molar-refractivity contribution is -0.137. The molecule has 1 amide bonds. The molecule has 0 unspecified atom stereocenters. The number of nitrogen functional groups attached to an aromatic ring is 1. The van der Waals surface area contributed by atoms with Crippen molar-refractivity contribution in [2.75, 3.05) is 23.5 Å². The maximum absolute atomic E-state index is 13.0. The summed E-state index contributed by atoms with van der Waals surface area (Å²) in [5.74, 6) is -2.93. The van der Waals surface area contributed by atoms with Crippen molar-refractivity contribution in [1.82, 2.24) is 9.97 Å². The minimum atomic E-state index is -4.81. The Morgan fingerprint density at radius 1 is 1.30 bits per heavy atom. The Kier molecular flexibility index (Phi) is 6.30. The zero-order valence-electron chi connectivity index (χ0n) is 15.5. The van der Waals surface area contributed by atoms with Crippen molar-refractivity contribution >= 4 is 29.3 Å². The van der Waals surface area contributed by atoms with Gasteiger partial charge in [0, 0.05) is 5.69 Å². The first-order valence-electron chi connectivity index (χ1n) is 8.10. The second kappa shape index (κ2) is 8.52. The first kappa shape index (κ1) is 22.2. The number of carboxylic acids is 1. The Morgan fingerprint density at radius 3 is 2.50 bits per heavy atom. The van der Waals surface area contributed by atoms with Gasteiger partial charge in [0.05, 0.1) is 18.2 Å². The van der Waals surface area contributed by atoms with Crippen molar-refractivity contribution in [2.45, 2.75) is 19.1 Å². The Hall–Kier alpha value is -4.08. The Labute approximate surface area is 167 Å². The van der Waals surface area contributed by atoms with Gasteiger partial charge in [0.25, 0.3) is 0 Å². The number of alkyl halides is 3. The zero-order valence-corrected chi connectivity index (χ0v) is 15.5. The van der Waals surface area contributed by atoms with Gasteiger partial charge in [-0.25, -0.2) is 4.79 Å². The summed E-state index contributed by atoms with van der Waals surface area (Å²) < 4.78 is 43.9. The van der Waals surface area contributed by atoms with Gasteiger partial charge < -0.3 is 26.2 Å². The number of carbonyl (C=O) groups excluding carboxylic acids is 1. The number of ether oxygens (including phenoxy) is 1. The molecule has 1 atom stereocenters. The van der Waals surface area contributed by atoms with Crippen LogP contribution >= 0.6 is 0 Å². The van der Waals surface area contributed by atoms with Gasteiger partial charge in [-0.3, -0.25) is 4.79 Å². The van der Waals surface area contributed by atoms with Gasteiger partial charge in [-0.2, -0.15) is 28.4 Å². The molecule has 0 bridgehead atoms. The smallest absolute Gasteiger partial charge is 0.416 e. The number of benzene rings is 1. The van der Waals surface area contributed by atoms with E-state index in [4.69, 9.17) is 15.6 Å². The fourth-order valence-electron chi connectivity index (χ4n) is 2.32. The lowest BCUT2D eigenvalue weighted by Gasteiger charge is -2.17. The average molecular weight is 424 g/mol. The van der Waals surface area contributed by atoms with Crippen molar-refractivity contribution < 1.29 is 32.6 Å². The molecule has 1 aromatic carbocycles. The second-order valence-corrected chi connectivity index (χ2v) is 5.88. The van der Waals surface area contributed by atoms with Gasteiger partial charge in [0.15, 0.2) is 11.4 Å². The molecular weight excluding hydrogens is 409 g/mol. The highest BCUT2D eigenvalue weighted by Gasteiger charge is 2.32. The number of carboxylic acid groups (broad SMARTS) is 1. The lowest BCUT2D eigenvalue weighted by atomic mass is 10.1. The van der Waals surface area contributed by atoms with Crippen LogP contribution in [0.5, 0.6) is 5.88 Å². The summed E-state index contributed by atoms with van der Waals surface area (Å²) in [4.78, 5) is 31.0. The van der Waals surface area contributed by atoms with E-state index in [2.05, 4.69) is 20.6 Å². The molecule has 0 saturated heterocycles. The molecule has 158 valence electrons. The SMILES string of the molecule is COc1nc(N)nc(N[C@@H](C)C(=O)Nc2cc(C(=O)O)cc(C(F)(F)F)c2)c1C#N. The third-order valence-corrected chi connectivity index (χ3v) is 3.72. The first-order valence-corrected chi connectivity index (χ1v) is 8.10. The van der Waals surface area contributed by atoms with Crippen LogP contribution in [0, 0.1) is 11.3 Å². The molecule has 0 aliphatic carbocycles. The van der Waals surface area contributed by atoms with E-state index < -0.39 is 35.2 Å². The van der Waals surface area contributed by atoms with Crippen molar-refractivity contribution in [3.05, 3.63) is 34.9 Å². The molecule has 0 radical (unpaired) electrons. The molecule has 0 aliphatic rings. The van der Waals surface area contributed by atoms with Gasteiger partial charge in [-0.15, -0.1) is 0 Å². The molecule has 30 heavy (non-hydrogen) atoms. The highest BCUT2D eigenvalue weighted by molar-refractivity contribution is 5.98. The van der Waals surface area contributed by atoms with Crippen LogP contribution in [0.4, 0.5) is 30.6 Å². The molecule has 0 aliphatic heterocycles. The van der Waals surface area contributed by atoms with Gasteiger partial charge in [0.2, 0.25) is 17.7 Å². The molecular formula is C17H15F3N6O4. The quantitative estimate of drug-likeness (QED) is 0.543. The van der Waals surface area contributed by atoms with E-state index in [1.165, 1.54) is 14.0 Å². The normalized spacial score (nSPS) is 11.9. The van der Waals surface area contributed by atoms with E-state index in [1.807, 2.05) is 0 Å². The van der Waals surface area contributed by atoms with Gasteiger partial charge in [-0.05, 0) is 25.1 Å². The van der Waals surface area contributed by atoms with Crippen LogP contribution in [-0.2, 0) is 11.0 Å². The van der Waals surface area contributed by atoms with Crippen molar-refractivity contribution in [3.63, 3.8) is 0 Å². The summed E-state index contributed by atoms with van der Waals surface area (Å²) in [7, 11) is 1.25.